The zero-order valence-corrected chi connectivity index (χ0v) is 16.1. The second-order valence-electron chi connectivity index (χ2n) is 6.26. The highest BCUT2D eigenvalue weighted by molar-refractivity contribution is 8.77. The number of alkyl carbamates (subject to hydrolysis) is 1. The van der Waals surface area contributed by atoms with Crippen molar-refractivity contribution in [3.63, 3.8) is 0 Å². The molecular formula is C17H25NO4S2. The Morgan fingerprint density at radius 3 is 2.29 bits per heavy atom. The number of rotatable bonds is 8. The monoisotopic (exact) mass is 371 g/mol. The van der Waals surface area contributed by atoms with E-state index in [2.05, 4.69) is 12.2 Å². The number of hydrogen-bond acceptors (Lipinski definition) is 5. The van der Waals surface area contributed by atoms with Gasteiger partial charge in [0.05, 0.1) is 0 Å². The second kappa shape index (κ2) is 9.84. The van der Waals surface area contributed by atoms with Crippen molar-refractivity contribution in [2.75, 3.05) is 5.75 Å². The molecule has 7 heteroatoms. The molecule has 1 atom stereocenters. The Kier molecular flexibility index (Phi) is 8.48. The lowest BCUT2D eigenvalue weighted by Gasteiger charge is -2.19. The number of benzene rings is 1. The summed E-state index contributed by atoms with van der Waals surface area (Å²) in [4.78, 5) is 23.0. The summed E-state index contributed by atoms with van der Waals surface area (Å²) >= 11 is 0. The molecule has 0 radical (unpaired) electrons. The molecule has 0 fully saturated rings. The van der Waals surface area contributed by atoms with E-state index in [9.17, 15) is 14.7 Å². The molecule has 2 N–H and O–H groups in total. The average Bonchev–Trinajstić information content (AvgIpc) is 2.51. The maximum atomic E-state index is 11.8. The fourth-order valence-corrected chi connectivity index (χ4v) is 4.11. The van der Waals surface area contributed by atoms with E-state index in [1.807, 2.05) is 45.0 Å². The predicted molar refractivity (Wildman–Crippen MR) is 100 cm³/mol. The summed E-state index contributed by atoms with van der Waals surface area (Å²) in [6, 6.07) is 6.79. The summed E-state index contributed by atoms with van der Waals surface area (Å²) in [5.41, 5.74) is 2.08. The molecule has 0 saturated carbocycles. The van der Waals surface area contributed by atoms with E-state index in [1.165, 1.54) is 16.4 Å². The highest BCUT2D eigenvalue weighted by Crippen LogP contribution is 2.35. The third-order valence-electron chi connectivity index (χ3n) is 2.93. The van der Waals surface area contributed by atoms with Crippen molar-refractivity contribution >= 4 is 33.7 Å². The molecule has 1 unspecified atom stereocenters. The van der Waals surface area contributed by atoms with Crippen LogP contribution in [0.2, 0.25) is 0 Å². The van der Waals surface area contributed by atoms with Crippen molar-refractivity contribution in [3.05, 3.63) is 35.4 Å². The van der Waals surface area contributed by atoms with Gasteiger partial charge in [-0.25, -0.2) is 9.59 Å². The number of carbonyl (C=O) groups excluding carboxylic acids is 1. The molecule has 1 amide bonds. The minimum atomic E-state index is -1.07. The molecule has 0 heterocycles. The first kappa shape index (κ1) is 20.7. The number of carboxylic acid groups (broad SMARTS) is 1. The van der Waals surface area contributed by atoms with Gasteiger partial charge in [0, 0.05) is 10.5 Å². The molecule has 5 nitrogen and oxygen atoms in total. The van der Waals surface area contributed by atoms with Crippen LogP contribution in [0.3, 0.4) is 0 Å². The Hall–Kier alpha value is -1.34. The zero-order valence-electron chi connectivity index (χ0n) is 14.5. The van der Waals surface area contributed by atoms with Crippen LogP contribution >= 0.6 is 21.6 Å². The summed E-state index contributed by atoms with van der Waals surface area (Å²) < 4.78 is 5.13. The van der Waals surface area contributed by atoms with Gasteiger partial charge in [0.2, 0.25) is 0 Å². The largest absolute Gasteiger partial charge is 0.480 e. The van der Waals surface area contributed by atoms with E-state index in [-0.39, 0.29) is 17.1 Å². The SMILES string of the molecule is CCc1ccc(COC(=O)NC(CSSC(C)(C)C)C(=O)O)cc1. The summed E-state index contributed by atoms with van der Waals surface area (Å²) in [5.74, 6) is -0.793. The lowest BCUT2D eigenvalue weighted by atomic mass is 10.1. The van der Waals surface area contributed by atoms with Crippen LogP contribution in [0.1, 0.15) is 38.8 Å². The molecule has 0 aromatic heterocycles. The normalized spacial score (nSPS) is 12.5. The lowest BCUT2D eigenvalue weighted by molar-refractivity contribution is -0.138. The molecule has 0 aliphatic carbocycles. The van der Waals surface area contributed by atoms with E-state index < -0.39 is 18.1 Å². The third-order valence-corrected chi connectivity index (χ3v) is 6.28. The smallest absolute Gasteiger partial charge is 0.408 e. The number of carboxylic acids is 1. The molecule has 0 saturated heterocycles. The number of aryl methyl sites for hydroxylation is 1. The molecular weight excluding hydrogens is 346 g/mol. The standard InChI is InChI=1S/C17H25NO4S2/c1-5-12-6-8-13(9-7-12)10-22-16(21)18-14(15(19)20)11-23-24-17(2,3)4/h6-9,14H,5,10-11H2,1-4H3,(H,18,21)(H,19,20). The number of hydrogen-bond donors (Lipinski definition) is 2. The first-order valence-electron chi connectivity index (χ1n) is 7.76. The number of nitrogens with one attached hydrogen (secondary N) is 1. The van der Waals surface area contributed by atoms with Crippen LogP contribution in [0.5, 0.6) is 0 Å². The van der Waals surface area contributed by atoms with Gasteiger partial charge in [-0.15, -0.1) is 0 Å². The Balaban J connectivity index is 2.42. The fraction of sp³-hybridized carbons (Fsp3) is 0.529. The molecule has 24 heavy (non-hydrogen) atoms. The van der Waals surface area contributed by atoms with Crippen molar-refractivity contribution in [1.29, 1.82) is 0 Å². The van der Waals surface area contributed by atoms with E-state index >= 15 is 0 Å². The van der Waals surface area contributed by atoms with Crippen LogP contribution in [0.4, 0.5) is 4.79 Å². The zero-order chi connectivity index (χ0) is 18.2. The molecule has 1 rings (SSSR count). The summed E-state index contributed by atoms with van der Waals surface area (Å²) in [6.45, 7) is 8.33. The quantitative estimate of drug-likeness (QED) is 0.670. The topological polar surface area (TPSA) is 75.6 Å². The van der Waals surface area contributed by atoms with Gasteiger partial charge in [0.15, 0.2) is 0 Å². The number of ether oxygens (including phenoxy) is 1. The fourth-order valence-electron chi connectivity index (χ4n) is 1.66. The minimum Gasteiger partial charge on any atom is -0.480 e. The van der Waals surface area contributed by atoms with Crippen molar-refractivity contribution in [1.82, 2.24) is 5.32 Å². The van der Waals surface area contributed by atoms with Crippen LogP contribution in [0.25, 0.3) is 0 Å². The van der Waals surface area contributed by atoms with Crippen molar-refractivity contribution in [3.8, 4) is 0 Å². The molecule has 1 aromatic carbocycles. The minimum absolute atomic E-state index is 0.0267. The van der Waals surface area contributed by atoms with E-state index in [0.29, 0.717) is 0 Å². The Bertz CT molecular complexity index is 541. The highest BCUT2D eigenvalue weighted by atomic mass is 33.1. The van der Waals surface area contributed by atoms with Gasteiger partial charge in [-0.05, 0) is 17.5 Å². The molecule has 134 valence electrons. The van der Waals surface area contributed by atoms with Gasteiger partial charge in [0.1, 0.15) is 12.6 Å². The van der Waals surface area contributed by atoms with Crippen LogP contribution in [-0.2, 0) is 22.6 Å². The van der Waals surface area contributed by atoms with E-state index in [4.69, 9.17) is 4.74 Å². The lowest BCUT2D eigenvalue weighted by Crippen LogP contribution is -2.42. The molecule has 0 bridgehead atoms. The molecule has 0 aliphatic heterocycles. The van der Waals surface area contributed by atoms with E-state index in [0.717, 1.165) is 12.0 Å². The van der Waals surface area contributed by atoms with Crippen molar-refractivity contribution in [2.24, 2.45) is 0 Å². The Labute approximate surface area is 151 Å². The molecule has 0 spiro atoms. The molecule has 0 aliphatic rings. The van der Waals surface area contributed by atoms with Gasteiger partial charge in [0.25, 0.3) is 0 Å². The van der Waals surface area contributed by atoms with Crippen molar-refractivity contribution in [2.45, 2.75) is 51.5 Å². The maximum absolute atomic E-state index is 11.8. The van der Waals surface area contributed by atoms with Gasteiger partial charge in [-0.1, -0.05) is 73.5 Å². The number of aliphatic carboxylic acids is 1. The average molecular weight is 372 g/mol. The van der Waals surface area contributed by atoms with Crippen LogP contribution < -0.4 is 5.32 Å². The van der Waals surface area contributed by atoms with E-state index in [1.54, 1.807) is 10.8 Å². The summed E-state index contributed by atoms with van der Waals surface area (Å²) in [7, 11) is 3.00. The van der Waals surface area contributed by atoms with Gasteiger partial charge in [-0.3, -0.25) is 0 Å². The van der Waals surface area contributed by atoms with Crippen LogP contribution in [0.15, 0.2) is 24.3 Å². The van der Waals surface area contributed by atoms with Gasteiger partial charge < -0.3 is 15.2 Å². The number of amides is 1. The first-order chi connectivity index (χ1) is 11.2. The van der Waals surface area contributed by atoms with Crippen LogP contribution in [0, 0.1) is 0 Å². The van der Waals surface area contributed by atoms with Gasteiger partial charge >= 0.3 is 12.1 Å². The molecule has 1 aromatic rings. The highest BCUT2D eigenvalue weighted by Gasteiger charge is 2.22. The van der Waals surface area contributed by atoms with Crippen LogP contribution in [-0.4, -0.2) is 33.7 Å². The summed E-state index contributed by atoms with van der Waals surface area (Å²) in [5, 5.41) is 11.6. The Morgan fingerprint density at radius 1 is 1.21 bits per heavy atom. The first-order valence-corrected chi connectivity index (χ1v) is 10.1. The maximum Gasteiger partial charge on any atom is 0.408 e. The van der Waals surface area contributed by atoms with Crippen molar-refractivity contribution < 1.29 is 19.4 Å². The third kappa shape index (κ3) is 8.49. The summed E-state index contributed by atoms with van der Waals surface area (Å²) in [6.07, 6.45) is 0.231. The number of carbonyl (C=O) groups is 2. The predicted octanol–water partition coefficient (Wildman–Crippen LogP) is 4.11. The Morgan fingerprint density at radius 2 is 1.79 bits per heavy atom. The van der Waals surface area contributed by atoms with Gasteiger partial charge in [-0.2, -0.15) is 0 Å². The second-order valence-corrected chi connectivity index (χ2v) is 9.43.